The molecule has 2 N–H and O–H groups in total. The third kappa shape index (κ3) is 3.54. The van der Waals surface area contributed by atoms with E-state index >= 15 is 0 Å². The number of aromatic amines is 1. The topological polar surface area (TPSA) is 110 Å². The van der Waals surface area contributed by atoms with Crippen molar-refractivity contribution in [1.29, 1.82) is 5.26 Å². The molecule has 7 nitrogen and oxygen atoms in total. The van der Waals surface area contributed by atoms with Gasteiger partial charge in [-0.3, -0.25) is 9.80 Å². The second-order valence-electron chi connectivity index (χ2n) is 7.74. The van der Waals surface area contributed by atoms with Crippen molar-refractivity contribution in [2.75, 3.05) is 5.01 Å². The van der Waals surface area contributed by atoms with Gasteiger partial charge in [0.2, 0.25) is 0 Å². The Labute approximate surface area is 168 Å². The van der Waals surface area contributed by atoms with Gasteiger partial charge < -0.3 is 10.1 Å². The highest BCUT2D eigenvalue weighted by Gasteiger charge is 2.36. The fraction of sp³-hybridized carbons (Fsp3) is 0.364. The van der Waals surface area contributed by atoms with E-state index in [-0.39, 0.29) is 11.6 Å². The average Bonchev–Trinajstić information content (AvgIpc) is 3.37. The molecule has 0 amide bonds. The molecule has 1 aliphatic heterocycles. The number of rotatable bonds is 4. The van der Waals surface area contributed by atoms with Crippen LogP contribution in [-0.4, -0.2) is 27.8 Å². The third-order valence-electron chi connectivity index (χ3n) is 5.93. The van der Waals surface area contributed by atoms with Crippen molar-refractivity contribution in [3.05, 3.63) is 63.1 Å². The van der Waals surface area contributed by atoms with E-state index in [1.165, 1.54) is 18.9 Å². The summed E-state index contributed by atoms with van der Waals surface area (Å²) < 4.78 is 0. The zero-order chi connectivity index (χ0) is 20.5. The van der Waals surface area contributed by atoms with E-state index in [9.17, 15) is 14.9 Å². The first-order valence-electron chi connectivity index (χ1n) is 9.82. The van der Waals surface area contributed by atoms with Crippen LogP contribution in [0.3, 0.4) is 0 Å². The van der Waals surface area contributed by atoms with Gasteiger partial charge in [0.1, 0.15) is 5.56 Å². The Hall–Kier alpha value is -3.40. The minimum absolute atomic E-state index is 0.183. The van der Waals surface area contributed by atoms with Crippen molar-refractivity contribution in [3.63, 3.8) is 0 Å². The lowest BCUT2D eigenvalue weighted by Gasteiger charge is -2.28. The normalized spacial score (nSPS) is 19.2. The Morgan fingerprint density at radius 1 is 1.28 bits per heavy atom. The summed E-state index contributed by atoms with van der Waals surface area (Å²) in [5, 5.41) is 25.1. The van der Waals surface area contributed by atoms with Gasteiger partial charge in [-0.25, -0.2) is 4.79 Å². The molecule has 2 aromatic rings. The molecule has 2 aliphatic rings. The summed E-state index contributed by atoms with van der Waals surface area (Å²) in [4.78, 5) is 25.9. The number of aromatic nitrogens is 1. The molecule has 0 saturated heterocycles. The van der Waals surface area contributed by atoms with Gasteiger partial charge in [0.05, 0.1) is 34.8 Å². The Morgan fingerprint density at radius 3 is 2.66 bits per heavy atom. The predicted molar refractivity (Wildman–Crippen MR) is 109 cm³/mol. The van der Waals surface area contributed by atoms with Crippen LogP contribution in [0.15, 0.2) is 40.2 Å². The van der Waals surface area contributed by atoms with Crippen LogP contribution in [0.5, 0.6) is 0 Å². The van der Waals surface area contributed by atoms with Gasteiger partial charge in [-0.1, -0.05) is 12.8 Å². The molecular weight excluding hydrogens is 368 g/mol. The van der Waals surface area contributed by atoms with Crippen molar-refractivity contribution in [2.45, 2.75) is 45.1 Å². The van der Waals surface area contributed by atoms with Crippen LogP contribution in [0.25, 0.3) is 0 Å². The van der Waals surface area contributed by atoms with E-state index in [1.807, 2.05) is 30.1 Å². The van der Waals surface area contributed by atoms with Crippen LogP contribution in [0, 0.1) is 24.2 Å². The summed E-state index contributed by atoms with van der Waals surface area (Å²) >= 11 is 0. The molecule has 1 aromatic heterocycles. The number of hydrazone groups is 1. The van der Waals surface area contributed by atoms with E-state index < -0.39 is 11.5 Å². The van der Waals surface area contributed by atoms with Crippen LogP contribution in [-0.2, 0) is 0 Å². The lowest BCUT2D eigenvalue weighted by atomic mass is 9.92. The summed E-state index contributed by atoms with van der Waals surface area (Å²) in [5.74, 6) is -0.734. The van der Waals surface area contributed by atoms with Gasteiger partial charge in [-0.2, -0.15) is 10.4 Å². The maximum Gasteiger partial charge on any atom is 0.341 e. The molecule has 0 radical (unpaired) electrons. The first-order valence-corrected chi connectivity index (χ1v) is 9.82. The molecular formula is C22H22N4O3. The number of nitrogens with one attached hydrogen (secondary N) is 1. The van der Waals surface area contributed by atoms with Crippen molar-refractivity contribution in [3.8, 4) is 6.07 Å². The molecule has 1 aliphatic carbocycles. The minimum atomic E-state index is -1.25. The number of carboxylic acid groups (broad SMARTS) is 1. The van der Waals surface area contributed by atoms with Gasteiger partial charge in [0.15, 0.2) is 0 Å². The quantitative estimate of drug-likeness (QED) is 0.831. The number of carboxylic acids is 1. The number of pyridine rings is 1. The summed E-state index contributed by atoms with van der Waals surface area (Å²) in [6, 6.07) is 11.0. The van der Waals surface area contributed by atoms with Crippen molar-refractivity contribution >= 4 is 17.4 Å². The number of anilines is 1. The minimum Gasteiger partial charge on any atom is -0.477 e. The second-order valence-corrected chi connectivity index (χ2v) is 7.74. The van der Waals surface area contributed by atoms with E-state index in [0.29, 0.717) is 23.6 Å². The molecule has 148 valence electrons. The fourth-order valence-electron chi connectivity index (χ4n) is 4.38. The first-order chi connectivity index (χ1) is 14.0. The monoisotopic (exact) mass is 390 g/mol. The zero-order valence-electron chi connectivity index (χ0n) is 16.2. The van der Waals surface area contributed by atoms with Gasteiger partial charge in [-0.05, 0) is 61.6 Å². The van der Waals surface area contributed by atoms with Crippen molar-refractivity contribution in [1.82, 2.24) is 4.98 Å². The standard InChI is InChI=1S/C22H22N4O3/c1-13-10-16(7-6-15(13)12-23)26-20(14-4-2-3-5-14)11-19(25-26)18-9-8-17(22(28)29)21(27)24-18/h6-10,14,20H,2-5,11H2,1H3,(H,24,27)(H,28,29). The Bertz CT molecular complexity index is 1090. The lowest BCUT2D eigenvalue weighted by Crippen LogP contribution is -2.33. The largest absolute Gasteiger partial charge is 0.477 e. The summed E-state index contributed by atoms with van der Waals surface area (Å²) in [6.07, 6.45) is 5.40. The maximum atomic E-state index is 12.1. The van der Waals surface area contributed by atoms with Crippen LogP contribution in [0.1, 0.15) is 59.3 Å². The average molecular weight is 390 g/mol. The molecule has 1 saturated carbocycles. The molecule has 1 atom stereocenters. The number of aryl methyl sites for hydroxylation is 1. The number of benzene rings is 1. The molecule has 7 heteroatoms. The van der Waals surface area contributed by atoms with Crippen LogP contribution < -0.4 is 10.6 Å². The Kier molecular flexibility index (Phi) is 4.93. The summed E-state index contributed by atoms with van der Waals surface area (Å²) in [7, 11) is 0. The predicted octanol–water partition coefficient (Wildman–Crippen LogP) is 3.43. The number of H-pyrrole nitrogens is 1. The molecule has 0 bridgehead atoms. The Balaban J connectivity index is 1.72. The van der Waals surface area contributed by atoms with E-state index in [4.69, 9.17) is 10.2 Å². The summed E-state index contributed by atoms with van der Waals surface area (Å²) in [6.45, 7) is 1.91. The highest BCUT2D eigenvalue weighted by Crippen LogP contribution is 2.38. The molecule has 1 aromatic carbocycles. The number of aromatic carboxylic acids is 1. The summed E-state index contributed by atoms with van der Waals surface area (Å²) in [5.41, 5.74) is 2.87. The van der Waals surface area contributed by atoms with Crippen LogP contribution >= 0.6 is 0 Å². The smallest absolute Gasteiger partial charge is 0.341 e. The van der Waals surface area contributed by atoms with Gasteiger partial charge in [-0.15, -0.1) is 0 Å². The number of hydrogen-bond acceptors (Lipinski definition) is 5. The number of nitrogens with zero attached hydrogens (tertiary/aromatic N) is 3. The highest BCUT2D eigenvalue weighted by molar-refractivity contribution is 6.02. The first kappa shape index (κ1) is 18.9. The Morgan fingerprint density at radius 2 is 2.03 bits per heavy atom. The van der Waals surface area contributed by atoms with E-state index in [0.717, 1.165) is 29.8 Å². The van der Waals surface area contributed by atoms with Crippen molar-refractivity contribution < 1.29 is 9.90 Å². The fourth-order valence-corrected chi connectivity index (χ4v) is 4.38. The molecule has 4 rings (SSSR count). The molecule has 1 fully saturated rings. The molecule has 0 spiro atoms. The second kappa shape index (κ2) is 7.55. The van der Waals surface area contributed by atoms with Crippen LogP contribution in [0.4, 0.5) is 5.69 Å². The molecule has 29 heavy (non-hydrogen) atoms. The van der Waals surface area contributed by atoms with Gasteiger partial charge in [0, 0.05) is 6.42 Å². The highest BCUT2D eigenvalue weighted by atomic mass is 16.4. The maximum absolute atomic E-state index is 12.1. The van der Waals surface area contributed by atoms with Crippen LogP contribution in [0.2, 0.25) is 0 Å². The van der Waals surface area contributed by atoms with Gasteiger partial charge in [0.25, 0.3) is 5.56 Å². The molecule has 1 unspecified atom stereocenters. The number of hydrogen-bond donors (Lipinski definition) is 2. The van der Waals surface area contributed by atoms with Gasteiger partial charge >= 0.3 is 5.97 Å². The SMILES string of the molecule is Cc1cc(N2N=C(c3ccc(C(=O)O)c(=O)[nH]3)CC2C2CCCC2)ccc1C#N. The van der Waals surface area contributed by atoms with E-state index in [1.54, 1.807) is 6.07 Å². The molecule has 2 heterocycles. The number of nitriles is 1. The van der Waals surface area contributed by atoms with Crippen molar-refractivity contribution in [2.24, 2.45) is 11.0 Å². The third-order valence-corrected chi connectivity index (χ3v) is 5.93. The lowest BCUT2D eigenvalue weighted by molar-refractivity contribution is 0.0695. The number of carbonyl (C=O) groups is 1. The zero-order valence-corrected chi connectivity index (χ0v) is 16.2. The van der Waals surface area contributed by atoms with E-state index in [2.05, 4.69) is 11.1 Å².